The van der Waals surface area contributed by atoms with E-state index in [2.05, 4.69) is 4.98 Å². The fourth-order valence-corrected chi connectivity index (χ4v) is 5.87. The molecule has 1 aromatic carbocycles. The standard InChI is InChI=1S/C29H45FN4O5/c1-18(2)16-33(24-14-20(19(3)35)17-34(28(37)38)25(24)29(4,5)6)27(36)26-31-22-11-10-21(30)15-23(22)32(26)12-8-9-13-39-7/h10-11,15,18-20,24-25,35H,8-9,12-14,16-17H2,1-7H3,(H,37,38)/t19?,20-,24+,25?/m1/s1. The van der Waals surface area contributed by atoms with E-state index in [1.54, 1.807) is 29.6 Å². The van der Waals surface area contributed by atoms with E-state index in [1.165, 1.54) is 17.0 Å². The number of hydrogen-bond acceptors (Lipinski definition) is 5. The Balaban J connectivity index is 2.14. The van der Waals surface area contributed by atoms with E-state index in [0.29, 0.717) is 43.6 Å². The molecule has 9 nitrogen and oxygen atoms in total. The molecule has 2 amide bonds. The van der Waals surface area contributed by atoms with E-state index in [0.717, 1.165) is 6.42 Å². The second-order valence-electron chi connectivity index (χ2n) is 12.3. The van der Waals surface area contributed by atoms with Crippen molar-refractivity contribution in [1.82, 2.24) is 19.4 Å². The number of ether oxygens (including phenoxy) is 1. The summed E-state index contributed by atoms with van der Waals surface area (Å²) in [6.07, 6.45) is 0.144. The first-order valence-electron chi connectivity index (χ1n) is 13.9. The van der Waals surface area contributed by atoms with Gasteiger partial charge < -0.3 is 29.3 Å². The van der Waals surface area contributed by atoms with Crippen LogP contribution in [0.1, 0.15) is 71.4 Å². The average Bonchev–Trinajstić information content (AvgIpc) is 3.20. The van der Waals surface area contributed by atoms with Gasteiger partial charge in [-0.15, -0.1) is 0 Å². The quantitative estimate of drug-likeness (QED) is 0.411. The third-order valence-corrected chi connectivity index (χ3v) is 7.60. The van der Waals surface area contributed by atoms with Crippen LogP contribution in [-0.4, -0.2) is 86.6 Å². The molecule has 3 rings (SSSR count). The molecule has 1 aliphatic heterocycles. The third kappa shape index (κ3) is 7.08. The predicted molar refractivity (Wildman–Crippen MR) is 148 cm³/mol. The largest absolute Gasteiger partial charge is 0.465 e. The normalized spacial score (nSPS) is 21.0. The molecule has 1 aliphatic rings. The number of imidazole rings is 1. The van der Waals surface area contributed by atoms with Gasteiger partial charge in [-0.25, -0.2) is 14.2 Å². The van der Waals surface area contributed by atoms with Crippen molar-refractivity contribution < 1.29 is 28.9 Å². The van der Waals surface area contributed by atoms with Crippen molar-refractivity contribution in [3.05, 3.63) is 29.8 Å². The van der Waals surface area contributed by atoms with Gasteiger partial charge in [0.15, 0.2) is 5.82 Å². The number of methoxy groups -OCH3 is 1. The number of rotatable bonds is 10. The highest BCUT2D eigenvalue weighted by Gasteiger charge is 2.49. The van der Waals surface area contributed by atoms with Crippen molar-refractivity contribution in [3.8, 4) is 0 Å². The number of carbonyl (C=O) groups is 2. The second kappa shape index (κ2) is 12.6. The summed E-state index contributed by atoms with van der Waals surface area (Å²) in [6, 6.07) is 3.33. The van der Waals surface area contributed by atoms with Gasteiger partial charge in [-0.1, -0.05) is 34.6 Å². The topological polar surface area (TPSA) is 108 Å². The van der Waals surface area contributed by atoms with Gasteiger partial charge in [-0.05, 0) is 55.7 Å². The molecule has 10 heteroatoms. The molecule has 0 radical (unpaired) electrons. The summed E-state index contributed by atoms with van der Waals surface area (Å²) in [6.45, 7) is 13.3. The van der Waals surface area contributed by atoms with Crippen LogP contribution in [0.4, 0.5) is 9.18 Å². The Morgan fingerprint density at radius 3 is 2.49 bits per heavy atom. The number of piperidine rings is 1. The Hall–Kier alpha value is -2.72. The molecule has 0 bridgehead atoms. The lowest BCUT2D eigenvalue weighted by atomic mass is 9.73. The summed E-state index contributed by atoms with van der Waals surface area (Å²) in [4.78, 5) is 34.8. The molecule has 0 spiro atoms. The maximum atomic E-state index is 14.5. The number of halogens is 1. The highest BCUT2D eigenvalue weighted by molar-refractivity contribution is 5.95. The van der Waals surface area contributed by atoms with Crippen LogP contribution < -0.4 is 0 Å². The van der Waals surface area contributed by atoms with Crippen molar-refractivity contribution in [2.24, 2.45) is 17.3 Å². The number of carboxylic acid groups (broad SMARTS) is 1. The number of carbonyl (C=O) groups excluding carboxylic acids is 1. The van der Waals surface area contributed by atoms with Gasteiger partial charge in [-0.3, -0.25) is 4.79 Å². The number of benzene rings is 1. The third-order valence-electron chi connectivity index (χ3n) is 7.60. The molecule has 2 heterocycles. The Morgan fingerprint density at radius 1 is 1.23 bits per heavy atom. The first-order chi connectivity index (χ1) is 18.3. The molecular weight excluding hydrogens is 503 g/mol. The lowest BCUT2D eigenvalue weighted by Gasteiger charge is -2.53. The number of fused-ring (bicyclic) bond motifs is 1. The molecule has 39 heavy (non-hydrogen) atoms. The van der Waals surface area contributed by atoms with E-state index in [4.69, 9.17) is 4.74 Å². The Labute approximate surface area is 230 Å². The fraction of sp³-hybridized carbons (Fsp3) is 0.690. The zero-order chi connectivity index (χ0) is 29.1. The molecule has 2 N–H and O–H groups in total. The van der Waals surface area contributed by atoms with Crippen molar-refractivity contribution in [2.75, 3.05) is 26.8 Å². The first kappa shape index (κ1) is 30.8. The van der Waals surface area contributed by atoms with Crippen LogP contribution in [0.25, 0.3) is 11.0 Å². The molecule has 0 aliphatic carbocycles. The second-order valence-corrected chi connectivity index (χ2v) is 12.3. The van der Waals surface area contributed by atoms with Crippen LogP contribution in [0, 0.1) is 23.1 Å². The van der Waals surface area contributed by atoms with Crippen LogP contribution in [0.5, 0.6) is 0 Å². The number of hydrogen-bond donors (Lipinski definition) is 2. The molecule has 2 aromatic rings. The van der Waals surface area contributed by atoms with Gasteiger partial charge in [-0.2, -0.15) is 0 Å². The van der Waals surface area contributed by atoms with E-state index in [9.17, 15) is 24.2 Å². The smallest absolute Gasteiger partial charge is 0.407 e. The maximum absolute atomic E-state index is 14.5. The molecule has 1 saturated heterocycles. The molecule has 1 fully saturated rings. The minimum Gasteiger partial charge on any atom is -0.465 e. The molecule has 1 aromatic heterocycles. The van der Waals surface area contributed by atoms with Crippen LogP contribution in [0.15, 0.2) is 18.2 Å². The maximum Gasteiger partial charge on any atom is 0.407 e. The lowest BCUT2D eigenvalue weighted by Crippen LogP contribution is -2.65. The van der Waals surface area contributed by atoms with E-state index in [1.807, 2.05) is 34.6 Å². The number of unbranched alkanes of at least 4 members (excludes halogenated alkanes) is 1. The Kier molecular flexibility index (Phi) is 9.98. The zero-order valence-electron chi connectivity index (χ0n) is 24.4. The number of aliphatic hydroxyl groups excluding tert-OH is 1. The van der Waals surface area contributed by atoms with Gasteiger partial charge in [0.05, 0.1) is 29.2 Å². The highest BCUT2D eigenvalue weighted by atomic mass is 19.1. The van der Waals surface area contributed by atoms with Gasteiger partial charge in [0.1, 0.15) is 5.82 Å². The lowest BCUT2D eigenvalue weighted by molar-refractivity contribution is -0.0455. The van der Waals surface area contributed by atoms with Crippen molar-refractivity contribution in [1.29, 1.82) is 0 Å². The summed E-state index contributed by atoms with van der Waals surface area (Å²) >= 11 is 0. The average molecular weight is 549 g/mol. The summed E-state index contributed by atoms with van der Waals surface area (Å²) < 4.78 is 21.2. The molecule has 218 valence electrons. The van der Waals surface area contributed by atoms with Crippen LogP contribution in [0.2, 0.25) is 0 Å². The predicted octanol–water partition coefficient (Wildman–Crippen LogP) is 4.86. The summed E-state index contributed by atoms with van der Waals surface area (Å²) in [7, 11) is 1.64. The zero-order valence-corrected chi connectivity index (χ0v) is 24.4. The Morgan fingerprint density at radius 2 is 1.92 bits per heavy atom. The number of aryl methyl sites for hydroxylation is 1. The first-order valence-corrected chi connectivity index (χ1v) is 13.9. The summed E-state index contributed by atoms with van der Waals surface area (Å²) in [5.41, 5.74) is 0.595. The fourth-order valence-electron chi connectivity index (χ4n) is 5.87. The molecule has 2 unspecified atom stereocenters. The molecular formula is C29H45FN4O5. The SMILES string of the molecule is COCCCCn1c(C(=O)N(CC(C)C)[C@H]2C[C@@H](C(C)O)CN(C(=O)O)C2C(C)(C)C)nc2ccc(F)cc21. The van der Waals surface area contributed by atoms with E-state index in [-0.39, 0.29) is 30.1 Å². The summed E-state index contributed by atoms with van der Waals surface area (Å²) in [5.74, 6) is -0.744. The highest BCUT2D eigenvalue weighted by Crippen LogP contribution is 2.39. The van der Waals surface area contributed by atoms with Crippen molar-refractivity contribution in [2.45, 2.75) is 85.5 Å². The number of likely N-dealkylation sites (tertiary alicyclic amines) is 1. The number of amides is 2. The van der Waals surface area contributed by atoms with E-state index < -0.39 is 35.5 Å². The molecule has 4 atom stereocenters. The van der Waals surface area contributed by atoms with Gasteiger partial charge in [0.25, 0.3) is 5.91 Å². The van der Waals surface area contributed by atoms with Gasteiger partial charge in [0, 0.05) is 39.3 Å². The van der Waals surface area contributed by atoms with Crippen LogP contribution in [0.3, 0.4) is 0 Å². The monoisotopic (exact) mass is 548 g/mol. The van der Waals surface area contributed by atoms with E-state index >= 15 is 0 Å². The minimum absolute atomic E-state index is 0.0942. The van der Waals surface area contributed by atoms with Crippen molar-refractivity contribution >= 4 is 23.0 Å². The van der Waals surface area contributed by atoms with Gasteiger partial charge in [0.2, 0.25) is 0 Å². The minimum atomic E-state index is -1.07. The van der Waals surface area contributed by atoms with Crippen molar-refractivity contribution in [3.63, 3.8) is 0 Å². The number of aromatic nitrogens is 2. The van der Waals surface area contributed by atoms with Gasteiger partial charge >= 0.3 is 6.09 Å². The Bertz CT molecular complexity index is 1140. The summed E-state index contributed by atoms with van der Waals surface area (Å²) in [5, 5.41) is 20.7. The number of aliphatic hydroxyl groups is 1. The molecule has 0 saturated carbocycles. The van der Waals surface area contributed by atoms with Crippen LogP contribution >= 0.6 is 0 Å². The number of nitrogens with zero attached hydrogens (tertiary/aromatic N) is 4. The van der Waals surface area contributed by atoms with Crippen LogP contribution in [-0.2, 0) is 11.3 Å².